The zero-order valence-electron chi connectivity index (χ0n) is 9.82. The van der Waals surface area contributed by atoms with Crippen LogP contribution in [0.3, 0.4) is 0 Å². The summed E-state index contributed by atoms with van der Waals surface area (Å²) in [6, 6.07) is 20.1. The first-order valence-electron chi connectivity index (χ1n) is 5.86. The lowest BCUT2D eigenvalue weighted by Gasteiger charge is -1.98. The van der Waals surface area contributed by atoms with Crippen LogP contribution in [0, 0.1) is 0 Å². The van der Waals surface area contributed by atoms with Gasteiger partial charge in [-0.2, -0.15) is 0 Å². The zero-order chi connectivity index (χ0) is 12.2. The van der Waals surface area contributed by atoms with Gasteiger partial charge in [0.1, 0.15) is 0 Å². The minimum Gasteiger partial charge on any atom is -0.255 e. The van der Waals surface area contributed by atoms with Gasteiger partial charge in [0.05, 0.1) is 17.4 Å². The van der Waals surface area contributed by atoms with Crippen molar-refractivity contribution in [1.82, 2.24) is 4.98 Å². The number of benzene rings is 2. The van der Waals surface area contributed by atoms with Crippen molar-refractivity contribution in [2.45, 2.75) is 0 Å². The SMILES string of the molecule is C(=Nc1cnc2ccccc2c1)c1ccccc1. The summed E-state index contributed by atoms with van der Waals surface area (Å²) in [6.45, 7) is 0. The molecule has 3 rings (SSSR count). The largest absolute Gasteiger partial charge is 0.255 e. The van der Waals surface area contributed by atoms with E-state index in [0.717, 1.165) is 22.2 Å². The fourth-order valence-corrected chi connectivity index (χ4v) is 1.82. The predicted octanol–water partition coefficient (Wildman–Crippen LogP) is 3.99. The van der Waals surface area contributed by atoms with Crippen molar-refractivity contribution < 1.29 is 0 Å². The maximum Gasteiger partial charge on any atom is 0.0819 e. The molecule has 2 nitrogen and oxygen atoms in total. The van der Waals surface area contributed by atoms with Gasteiger partial charge in [-0.25, -0.2) is 0 Å². The van der Waals surface area contributed by atoms with Crippen molar-refractivity contribution in [3.63, 3.8) is 0 Å². The van der Waals surface area contributed by atoms with Gasteiger partial charge < -0.3 is 0 Å². The topological polar surface area (TPSA) is 25.2 Å². The summed E-state index contributed by atoms with van der Waals surface area (Å²) >= 11 is 0. The second-order valence-electron chi connectivity index (χ2n) is 4.06. The molecule has 3 aromatic rings. The van der Waals surface area contributed by atoms with E-state index in [1.807, 2.05) is 66.9 Å². The first kappa shape index (κ1) is 10.7. The van der Waals surface area contributed by atoms with Crippen LogP contribution >= 0.6 is 0 Å². The lowest BCUT2D eigenvalue weighted by atomic mass is 10.2. The first-order valence-corrected chi connectivity index (χ1v) is 5.86. The van der Waals surface area contributed by atoms with Crippen molar-refractivity contribution in [3.05, 3.63) is 72.4 Å². The normalized spacial score (nSPS) is 11.1. The molecule has 1 heterocycles. The molecule has 86 valence electrons. The van der Waals surface area contributed by atoms with Gasteiger partial charge >= 0.3 is 0 Å². The van der Waals surface area contributed by atoms with Gasteiger partial charge in [0.15, 0.2) is 0 Å². The fourth-order valence-electron chi connectivity index (χ4n) is 1.82. The summed E-state index contributed by atoms with van der Waals surface area (Å²) in [6.07, 6.45) is 3.65. The summed E-state index contributed by atoms with van der Waals surface area (Å²) in [5.41, 5.74) is 2.96. The maximum absolute atomic E-state index is 4.44. The molecule has 0 N–H and O–H groups in total. The monoisotopic (exact) mass is 232 g/mol. The third-order valence-corrected chi connectivity index (χ3v) is 2.74. The first-order chi connectivity index (χ1) is 8.92. The van der Waals surface area contributed by atoms with E-state index in [9.17, 15) is 0 Å². The third-order valence-electron chi connectivity index (χ3n) is 2.74. The average molecular weight is 232 g/mol. The van der Waals surface area contributed by atoms with Crippen LogP contribution in [0.2, 0.25) is 0 Å². The molecule has 2 aromatic carbocycles. The highest BCUT2D eigenvalue weighted by Gasteiger charge is 1.94. The molecule has 0 aliphatic heterocycles. The molecule has 0 aliphatic rings. The molecule has 0 atom stereocenters. The van der Waals surface area contributed by atoms with E-state index < -0.39 is 0 Å². The Morgan fingerprint density at radius 1 is 0.889 bits per heavy atom. The van der Waals surface area contributed by atoms with E-state index >= 15 is 0 Å². The van der Waals surface area contributed by atoms with Gasteiger partial charge in [-0.15, -0.1) is 0 Å². The second kappa shape index (κ2) is 4.80. The van der Waals surface area contributed by atoms with Gasteiger partial charge in [0.25, 0.3) is 0 Å². The molecular weight excluding hydrogens is 220 g/mol. The molecule has 18 heavy (non-hydrogen) atoms. The van der Waals surface area contributed by atoms with Crippen LogP contribution in [-0.2, 0) is 0 Å². The highest BCUT2D eigenvalue weighted by atomic mass is 14.8. The molecule has 0 fully saturated rings. The number of hydrogen-bond donors (Lipinski definition) is 0. The van der Waals surface area contributed by atoms with Crippen molar-refractivity contribution in [2.75, 3.05) is 0 Å². The Morgan fingerprint density at radius 3 is 2.56 bits per heavy atom. The van der Waals surface area contributed by atoms with Crippen molar-refractivity contribution in [1.29, 1.82) is 0 Å². The van der Waals surface area contributed by atoms with Gasteiger partial charge in [-0.1, -0.05) is 48.5 Å². The minimum atomic E-state index is 0.873. The summed E-state index contributed by atoms with van der Waals surface area (Å²) < 4.78 is 0. The Balaban J connectivity index is 1.93. The van der Waals surface area contributed by atoms with Crippen molar-refractivity contribution >= 4 is 22.8 Å². The molecule has 0 unspecified atom stereocenters. The van der Waals surface area contributed by atoms with Crippen LogP contribution < -0.4 is 0 Å². The number of aromatic nitrogens is 1. The Hall–Kier alpha value is -2.48. The number of nitrogens with zero attached hydrogens (tertiary/aromatic N) is 2. The Bertz CT molecular complexity index is 688. The Labute approximate surface area is 106 Å². The van der Waals surface area contributed by atoms with Crippen molar-refractivity contribution in [2.24, 2.45) is 4.99 Å². The van der Waals surface area contributed by atoms with Crippen LogP contribution in [0.4, 0.5) is 5.69 Å². The third kappa shape index (κ3) is 2.28. The van der Waals surface area contributed by atoms with Gasteiger partial charge in [0.2, 0.25) is 0 Å². The van der Waals surface area contributed by atoms with Crippen LogP contribution in [0.15, 0.2) is 71.9 Å². The van der Waals surface area contributed by atoms with Crippen LogP contribution in [0.5, 0.6) is 0 Å². The lowest BCUT2D eigenvalue weighted by molar-refractivity contribution is 1.38. The fraction of sp³-hybridized carbons (Fsp3) is 0. The number of aliphatic imine (C=N–C) groups is 1. The summed E-state index contributed by atoms with van der Waals surface area (Å²) in [7, 11) is 0. The van der Waals surface area contributed by atoms with Gasteiger partial charge in [0, 0.05) is 11.6 Å². The molecule has 0 amide bonds. The van der Waals surface area contributed by atoms with E-state index in [0.29, 0.717) is 0 Å². The smallest absolute Gasteiger partial charge is 0.0819 e. The minimum absolute atomic E-state index is 0.873. The van der Waals surface area contributed by atoms with E-state index in [4.69, 9.17) is 0 Å². The van der Waals surface area contributed by atoms with Gasteiger partial charge in [-0.05, 0) is 17.7 Å². The summed E-state index contributed by atoms with van der Waals surface area (Å²) in [4.78, 5) is 8.82. The second-order valence-corrected chi connectivity index (χ2v) is 4.06. The van der Waals surface area contributed by atoms with E-state index in [1.165, 1.54) is 0 Å². The van der Waals surface area contributed by atoms with Crippen LogP contribution in [-0.4, -0.2) is 11.2 Å². The van der Waals surface area contributed by atoms with E-state index in [-0.39, 0.29) is 0 Å². The standard InChI is InChI=1S/C16H12N2/c1-2-6-13(7-3-1)11-17-15-10-14-8-4-5-9-16(14)18-12-15/h1-12H. The molecule has 0 aliphatic carbocycles. The van der Waals surface area contributed by atoms with E-state index in [1.54, 1.807) is 6.20 Å². The predicted molar refractivity (Wildman–Crippen MR) is 75.4 cm³/mol. The zero-order valence-corrected chi connectivity index (χ0v) is 9.82. The lowest BCUT2D eigenvalue weighted by Crippen LogP contribution is -1.80. The average Bonchev–Trinajstić information content (AvgIpc) is 2.46. The molecule has 0 saturated carbocycles. The summed E-state index contributed by atoms with van der Waals surface area (Å²) in [5, 5.41) is 1.11. The quantitative estimate of drug-likeness (QED) is 0.613. The molecule has 0 bridgehead atoms. The number of hydrogen-bond acceptors (Lipinski definition) is 2. The molecule has 0 spiro atoms. The maximum atomic E-state index is 4.44. The molecule has 0 saturated heterocycles. The molecule has 2 heteroatoms. The number of para-hydroxylation sites is 1. The highest BCUT2D eigenvalue weighted by molar-refractivity contribution is 5.85. The number of fused-ring (bicyclic) bond motifs is 1. The molecular formula is C16H12N2. The van der Waals surface area contributed by atoms with Gasteiger partial charge in [-0.3, -0.25) is 9.98 Å². The molecule has 1 aromatic heterocycles. The van der Waals surface area contributed by atoms with Crippen LogP contribution in [0.25, 0.3) is 10.9 Å². The number of rotatable bonds is 2. The Kier molecular flexibility index (Phi) is 2.84. The van der Waals surface area contributed by atoms with E-state index in [2.05, 4.69) is 9.98 Å². The highest BCUT2D eigenvalue weighted by Crippen LogP contribution is 2.18. The Morgan fingerprint density at radius 2 is 1.67 bits per heavy atom. The summed E-state index contributed by atoms with van der Waals surface area (Å²) in [5.74, 6) is 0. The van der Waals surface area contributed by atoms with Crippen LogP contribution in [0.1, 0.15) is 5.56 Å². The van der Waals surface area contributed by atoms with Crippen molar-refractivity contribution in [3.8, 4) is 0 Å². The molecule has 0 radical (unpaired) electrons. The number of pyridine rings is 1.